The highest BCUT2D eigenvalue weighted by molar-refractivity contribution is 5.87. The monoisotopic (exact) mass is 284 g/mol. The molecule has 116 valence electrons. The first-order valence-corrected chi connectivity index (χ1v) is 7.68. The van der Waals surface area contributed by atoms with Crippen molar-refractivity contribution in [3.8, 4) is 0 Å². The molecule has 0 spiro atoms. The summed E-state index contributed by atoms with van der Waals surface area (Å²) in [6.45, 7) is 4.38. The second kappa shape index (κ2) is 7.62. The fourth-order valence-corrected chi connectivity index (χ4v) is 2.76. The Kier molecular flexibility index (Phi) is 6.46. The largest absolute Gasteiger partial charge is 0.480 e. The molecule has 1 rings (SSSR count). The Morgan fingerprint density at radius 3 is 2.45 bits per heavy atom. The number of carbonyl (C=O) groups is 2. The number of hydrogen-bond donors (Lipinski definition) is 3. The van der Waals surface area contributed by atoms with E-state index in [9.17, 15) is 14.7 Å². The molecule has 20 heavy (non-hydrogen) atoms. The summed E-state index contributed by atoms with van der Waals surface area (Å²) in [6, 6.07) is 0. The zero-order valence-corrected chi connectivity index (χ0v) is 12.7. The number of hydrogen-bond acceptors (Lipinski definition) is 3. The van der Waals surface area contributed by atoms with Gasteiger partial charge in [0.15, 0.2) is 0 Å². The van der Waals surface area contributed by atoms with Crippen LogP contribution in [-0.4, -0.2) is 29.1 Å². The maximum Gasteiger partial charge on any atom is 0.329 e. The Bertz CT molecular complexity index is 336. The highest BCUT2D eigenvalue weighted by Crippen LogP contribution is 2.39. The van der Waals surface area contributed by atoms with Crippen molar-refractivity contribution in [2.75, 3.05) is 6.54 Å². The van der Waals surface area contributed by atoms with E-state index in [0.717, 1.165) is 38.5 Å². The minimum atomic E-state index is -1.09. The third-order valence-electron chi connectivity index (χ3n) is 4.29. The van der Waals surface area contributed by atoms with E-state index < -0.39 is 11.5 Å². The van der Waals surface area contributed by atoms with Gasteiger partial charge in [-0.25, -0.2) is 4.79 Å². The van der Waals surface area contributed by atoms with Gasteiger partial charge in [0.1, 0.15) is 5.54 Å². The highest BCUT2D eigenvalue weighted by Gasteiger charge is 2.48. The van der Waals surface area contributed by atoms with Crippen molar-refractivity contribution < 1.29 is 14.7 Å². The first kappa shape index (κ1) is 17.0. The molecule has 0 aromatic rings. The molecule has 1 amide bonds. The maximum atomic E-state index is 12.0. The van der Waals surface area contributed by atoms with Crippen molar-refractivity contribution in [1.29, 1.82) is 0 Å². The number of aliphatic carboxylic acids is 1. The predicted molar refractivity (Wildman–Crippen MR) is 78.2 cm³/mol. The van der Waals surface area contributed by atoms with E-state index in [0.29, 0.717) is 18.9 Å². The van der Waals surface area contributed by atoms with Gasteiger partial charge in [-0.2, -0.15) is 0 Å². The minimum Gasteiger partial charge on any atom is -0.480 e. The average molecular weight is 284 g/mol. The van der Waals surface area contributed by atoms with Gasteiger partial charge in [0.2, 0.25) is 5.91 Å². The zero-order chi connectivity index (χ0) is 15.2. The summed E-state index contributed by atoms with van der Waals surface area (Å²) in [7, 11) is 0. The Balaban J connectivity index is 2.43. The second-order valence-corrected chi connectivity index (χ2v) is 6.10. The molecule has 1 aliphatic carbocycles. The van der Waals surface area contributed by atoms with E-state index >= 15 is 0 Å². The molecule has 2 atom stereocenters. The van der Waals surface area contributed by atoms with E-state index in [4.69, 9.17) is 5.73 Å². The predicted octanol–water partition coefficient (Wildman–Crippen LogP) is 1.90. The van der Waals surface area contributed by atoms with Crippen molar-refractivity contribution in [3.05, 3.63) is 0 Å². The van der Waals surface area contributed by atoms with Gasteiger partial charge >= 0.3 is 5.97 Å². The number of nitrogens with two attached hydrogens (primary N) is 1. The Morgan fingerprint density at radius 2 is 2.00 bits per heavy atom. The van der Waals surface area contributed by atoms with Crippen molar-refractivity contribution >= 4 is 11.9 Å². The molecule has 0 radical (unpaired) electrons. The van der Waals surface area contributed by atoms with Crippen LogP contribution in [0.25, 0.3) is 0 Å². The Morgan fingerprint density at radius 1 is 1.35 bits per heavy atom. The molecule has 0 aromatic carbocycles. The van der Waals surface area contributed by atoms with Gasteiger partial charge in [0.05, 0.1) is 0 Å². The molecule has 0 aliphatic heterocycles. The van der Waals surface area contributed by atoms with Crippen LogP contribution in [0.2, 0.25) is 0 Å². The van der Waals surface area contributed by atoms with Gasteiger partial charge in [-0.3, -0.25) is 4.79 Å². The molecule has 0 aromatic heterocycles. The van der Waals surface area contributed by atoms with E-state index in [2.05, 4.69) is 12.2 Å². The van der Waals surface area contributed by atoms with Crippen molar-refractivity contribution in [2.24, 2.45) is 17.6 Å². The molecule has 4 N–H and O–H groups in total. The van der Waals surface area contributed by atoms with Gasteiger partial charge in [-0.05, 0) is 51.0 Å². The number of carboxylic acid groups (broad SMARTS) is 1. The van der Waals surface area contributed by atoms with Crippen molar-refractivity contribution in [3.63, 3.8) is 0 Å². The summed E-state index contributed by atoms with van der Waals surface area (Å²) in [5, 5.41) is 12.0. The highest BCUT2D eigenvalue weighted by atomic mass is 16.4. The van der Waals surface area contributed by atoms with Crippen LogP contribution < -0.4 is 11.1 Å². The second-order valence-electron chi connectivity index (χ2n) is 6.10. The summed E-state index contributed by atoms with van der Waals surface area (Å²) < 4.78 is 0. The number of rotatable bonds is 10. The van der Waals surface area contributed by atoms with E-state index in [1.54, 1.807) is 6.92 Å². The van der Waals surface area contributed by atoms with Crippen LogP contribution in [0.5, 0.6) is 0 Å². The minimum absolute atomic E-state index is 0.0828. The quantitative estimate of drug-likeness (QED) is 0.571. The molecular formula is C15H28N2O3. The lowest BCUT2D eigenvalue weighted by atomic mass is 9.93. The third kappa shape index (κ3) is 4.78. The van der Waals surface area contributed by atoms with Gasteiger partial charge in [0, 0.05) is 6.42 Å². The van der Waals surface area contributed by atoms with Crippen LogP contribution >= 0.6 is 0 Å². The summed E-state index contributed by atoms with van der Waals surface area (Å²) in [5.74, 6) is -0.535. The topological polar surface area (TPSA) is 92.4 Å². The van der Waals surface area contributed by atoms with E-state index in [-0.39, 0.29) is 11.8 Å². The van der Waals surface area contributed by atoms with Crippen molar-refractivity contribution in [1.82, 2.24) is 5.32 Å². The molecular weight excluding hydrogens is 256 g/mol. The number of carbonyl (C=O) groups excluding carboxylic acids is 1. The SMILES string of the molecule is CCCC(CCN)CCC(=O)NC(C)(C(=O)O)C1CC1. The van der Waals surface area contributed by atoms with Crippen LogP contribution in [0, 0.1) is 11.8 Å². The lowest BCUT2D eigenvalue weighted by Gasteiger charge is -2.26. The molecule has 0 saturated heterocycles. The van der Waals surface area contributed by atoms with Crippen LogP contribution in [-0.2, 0) is 9.59 Å². The lowest BCUT2D eigenvalue weighted by Crippen LogP contribution is -2.54. The molecule has 1 aliphatic rings. The fourth-order valence-electron chi connectivity index (χ4n) is 2.76. The Labute approximate surface area is 121 Å². The molecule has 0 heterocycles. The summed E-state index contributed by atoms with van der Waals surface area (Å²) in [6.07, 6.45) is 6.03. The van der Waals surface area contributed by atoms with Crippen LogP contribution in [0.1, 0.15) is 58.8 Å². The van der Waals surface area contributed by atoms with Gasteiger partial charge < -0.3 is 16.2 Å². The smallest absolute Gasteiger partial charge is 0.329 e. The fraction of sp³-hybridized carbons (Fsp3) is 0.867. The van der Waals surface area contributed by atoms with Gasteiger partial charge in [0.25, 0.3) is 0 Å². The Hall–Kier alpha value is -1.10. The normalized spacial score (nSPS) is 19.1. The molecule has 5 heteroatoms. The van der Waals surface area contributed by atoms with Crippen LogP contribution in [0.4, 0.5) is 0 Å². The summed E-state index contributed by atoms with van der Waals surface area (Å²) in [5.41, 5.74) is 4.49. The van der Waals surface area contributed by atoms with Gasteiger partial charge in [-0.15, -0.1) is 0 Å². The van der Waals surface area contributed by atoms with Crippen LogP contribution in [0.3, 0.4) is 0 Å². The van der Waals surface area contributed by atoms with Gasteiger partial charge in [-0.1, -0.05) is 19.8 Å². The number of amides is 1. The molecule has 0 bridgehead atoms. The third-order valence-corrected chi connectivity index (χ3v) is 4.29. The molecule has 1 fully saturated rings. The summed E-state index contributed by atoms with van der Waals surface area (Å²) in [4.78, 5) is 23.4. The van der Waals surface area contributed by atoms with E-state index in [1.807, 2.05) is 0 Å². The standard InChI is InChI=1S/C15H28N2O3/c1-3-4-11(9-10-16)5-8-13(18)17-15(2,14(19)20)12-6-7-12/h11-12H,3-10,16H2,1-2H3,(H,17,18)(H,19,20). The lowest BCUT2D eigenvalue weighted by molar-refractivity contribution is -0.148. The maximum absolute atomic E-state index is 12.0. The van der Waals surface area contributed by atoms with E-state index in [1.165, 1.54) is 0 Å². The molecule has 1 saturated carbocycles. The average Bonchev–Trinajstić information content (AvgIpc) is 3.20. The zero-order valence-electron chi connectivity index (χ0n) is 12.7. The van der Waals surface area contributed by atoms with Crippen LogP contribution in [0.15, 0.2) is 0 Å². The first-order valence-electron chi connectivity index (χ1n) is 7.68. The number of nitrogens with one attached hydrogen (secondary N) is 1. The molecule has 2 unspecified atom stereocenters. The first-order chi connectivity index (χ1) is 9.43. The number of carboxylic acids is 1. The summed E-state index contributed by atoms with van der Waals surface area (Å²) >= 11 is 0. The van der Waals surface area contributed by atoms with Crippen molar-refractivity contribution in [2.45, 2.75) is 64.3 Å². The molecule has 5 nitrogen and oxygen atoms in total.